The number of nitriles is 1. The molecule has 2 rings (SSSR count). The number of nitrogens with zero attached hydrogens (tertiary/aromatic N) is 3. The first-order valence-electron chi connectivity index (χ1n) is 5.99. The van der Waals surface area contributed by atoms with Crippen molar-refractivity contribution < 1.29 is 4.39 Å². The number of hydrogen-bond acceptors (Lipinski definition) is 4. The summed E-state index contributed by atoms with van der Waals surface area (Å²) in [4.78, 5) is 4.25. The van der Waals surface area contributed by atoms with Gasteiger partial charge in [0.2, 0.25) is 0 Å². The van der Waals surface area contributed by atoms with E-state index in [1.165, 1.54) is 6.07 Å². The fourth-order valence-electron chi connectivity index (χ4n) is 1.81. The highest BCUT2D eigenvalue weighted by atomic mass is 19.1. The molecule has 0 radical (unpaired) electrons. The number of aromatic nitrogens is 3. The fourth-order valence-corrected chi connectivity index (χ4v) is 1.81. The maximum Gasteiger partial charge on any atom is 0.172 e. The van der Waals surface area contributed by atoms with Gasteiger partial charge in [-0.05, 0) is 25.5 Å². The molecule has 1 atom stereocenters. The molecule has 6 heteroatoms. The summed E-state index contributed by atoms with van der Waals surface area (Å²) in [5.74, 6) is 0.789. The van der Waals surface area contributed by atoms with E-state index < -0.39 is 5.82 Å². The van der Waals surface area contributed by atoms with Gasteiger partial charge in [-0.2, -0.15) is 10.4 Å². The topological polar surface area (TPSA) is 77.4 Å². The number of halogens is 1. The van der Waals surface area contributed by atoms with Gasteiger partial charge in [0.25, 0.3) is 0 Å². The Hall–Kier alpha value is -2.42. The minimum Gasteiger partial charge on any atom is -0.374 e. The molecule has 0 saturated heterocycles. The first-order valence-corrected chi connectivity index (χ1v) is 5.99. The summed E-state index contributed by atoms with van der Waals surface area (Å²) in [5, 5.41) is 19.0. The van der Waals surface area contributed by atoms with Crippen molar-refractivity contribution in [2.45, 2.75) is 26.3 Å². The van der Waals surface area contributed by atoms with E-state index in [2.05, 4.69) is 20.5 Å². The molecule has 2 aromatic rings. The van der Waals surface area contributed by atoms with Crippen LogP contribution in [0.4, 0.5) is 10.1 Å². The van der Waals surface area contributed by atoms with Gasteiger partial charge in [-0.25, -0.2) is 9.37 Å². The van der Waals surface area contributed by atoms with Gasteiger partial charge in [-0.1, -0.05) is 13.0 Å². The van der Waals surface area contributed by atoms with Crippen LogP contribution in [-0.2, 0) is 0 Å². The van der Waals surface area contributed by atoms with Crippen LogP contribution in [0.25, 0.3) is 0 Å². The van der Waals surface area contributed by atoms with Crippen molar-refractivity contribution in [3.63, 3.8) is 0 Å². The van der Waals surface area contributed by atoms with Crippen molar-refractivity contribution >= 4 is 5.69 Å². The smallest absolute Gasteiger partial charge is 0.172 e. The van der Waals surface area contributed by atoms with Crippen LogP contribution in [0.1, 0.15) is 36.6 Å². The van der Waals surface area contributed by atoms with Crippen LogP contribution in [0.15, 0.2) is 18.2 Å². The van der Waals surface area contributed by atoms with Crippen molar-refractivity contribution in [2.24, 2.45) is 0 Å². The molecule has 0 fully saturated rings. The summed E-state index contributed by atoms with van der Waals surface area (Å²) in [6.07, 6.45) is 0.721. The number of rotatable bonds is 4. The minimum absolute atomic E-state index is 0.00760. The van der Waals surface area contributed by atoms with Crippen LogP contribution < -0.4 is 5.32 Å². The summed E-state index contributed by atoms with van der Waals surface area (Å²) in [6, 6.07) is 6.20. The average Bonchev–Trinajstić information content (AvgIpc) is 2.82. The summed E-state index contributed by atoms with van der Waals surface area (Å²) in [6.45, 7) is 3.78. The Morgan fingerprint density at radius 3 is 2.89 bits per heavy atom. The lowest BCUT2D eigenvalue weighted by Gasteiger charge is -2.16. The van der Waals surface area contributed by atoms with Gasteiger partial charge in [0.15, 0.2) is 5.82 Å². The quantitative estimate of drug-likeness (QED) is 0.885. The second-order valence-corrected chi connectivity index (χ2v) is 4.16. The molecular formula is C13H14FN5. The molecule has 0 aliphatic heterocycles. The number of anilines is 1. The minimum atomic E-state index is -0.534. The van der Waals surface area contributed by atoms with Crippen molar-refractivity contribution in [3.8, 4) is 6.07 Å². The monoisotopic (exact) mass is 259 g/mol. The Labute approximate surface area is 110 Å². The van der Waals surface area contributed by atoms with Gasteiger partial charge in [-0.3, -0.25) is 5.10 Å². The average molecular weight is 259 g/mol. The number of aromatic amines is 1. The molecule has 2 N–H and O–H groups in total. The molecule has 1 unspecified atom stereocenters. The van der Waals surface area contributed by atoms with Crippen LogP contribution in [0.5, 0.6) is 0 Å². The number of nitrogens with one attached hydrogen (secondary N) is 2. The lowest BCUT2D eigenvalue weighted by atomic mass is 10.1. The van der Waals surface area contributed by atoms with Crippen LogP contribution in [-0.4, -0.2) is 15.2 Å². The third-order valence-corrected chi connectivity index (χ3v) is 2.79. The van der Waals surface area contributed by atoms with Crippen molar-refractivity contribution in [3.05, 3.63) is 41.2 Å². The van der Waals surface area contributed by atoms with Gasteiger partial charge in [0.1, 0.15) is 23.3 Å². The van der Waals surface area contributed by atoms with Gasteiger partial charge in [-0.15, -0.1) is 0 Å². The second-order valence-electron chi connectivity index (χ2n) is 4.16. The molecule has 0 spiro atoms. The molecule has 0 aliphatic carbocycles. The SMILES string of the molecule is CCC(Nc1cccc(F)c1C#N)c1n[nH]c(C)n1. The van der Waals surface area contributed by atoms with Crippen molar-refractivity contribution in [1.29, 1.82) is 5.26 Å². The van der Waals surface area contributed by atoms with Gasteiger partial charge in [0, 0.05) is 0 Å². The Balaban J connectivity index is 2.29. The van der Waals surface area contributed by atoms with E-state index in [4.69, 9.17) is 5.26 Å². The van der Waals surface area contributed by atoms with E-state index >= 15 is 0 Å². The van der Waals surface area contributed by atoms with E-state index in [0.29, 0.717) is 11.5 Å². The first kappa shape index (κ1) is 13.0. The summed E-state index contributed by atoms with van der Waals surface area (Å²) < 4.78 is 13.5. The Kier molecular flexibility index (Phi) is 3.76. The van der Waals surface area contributed by atoms with Gasteiger partial charge < -0.3 is 5.32 Å². The van der Waals surface area contributed by atoms with E-state index in [0.717, 1.165) is 12.2 Å². The van der Waals surface area contributed by atoms with E-state index in [-0.39, 0.29) is 11.6 Å². The standard InChI is InChI=1S/C13H14FN5/c1-3-11(13-16-8(2)18-19-13)17-12-6-4-5-10(14)9(12)7-15/h4-6,11,17H,3H2,1-2H3,(H,16,18,19). The Morgan fingerprint density at radius 2 is 2.32 bits per heavy atom. The molecule has 5 nitrogen and oxygen atoms in total. The molecule has 1 aromatic carbocycles. The maximum atomic E-state index is 13.5. The molecule has 0 bridgehead atoms. The lowest BCUT2D eigenvalue weighted by Crippen LogP contribution is -2.13. The molecule has 1 heterocycles. The molecule has 0 aliphatic rings. The number of aryl methyl sites for hydroxylation is 1. The molecule has 0 saturated carbocycles. The Bertz CT molecular complexity index is 614. The van der Waals surface area contributed by atoms with E-state index in [1.807, 2.05) is 19.9 Å². The predicted octanol–water partition coefficient (Wildman–Crippen LogP) is 2.69. The molecule has 1 aromatic heterocycles. The Morgan fingerprint density at radius 1 is 1.53 bits per heavy atom. The maximum absolute atomic E-state index is 13.5. The third kappa shape index (κ3) is 2.71. The highest BCUT2D eigenvalue weighted by molar-refractivity contribution is 5.58. The second kappa shape index (κ2) is 5.48. The van der Waals surface area contributed by atoms with Gasteiger partial charge >= 0.3 is 0 Å². The number of hydrogen-bond donors (Lipinski definition) is 2. The van der Waals surface area contributed by atoms with Crippen LogP contribution >= 0.6 is 0 Å². The third-order valence-electron chi connectivity index (χ3n) is 2.79. The highest BCUT2D eigenvalue weighted by Crippen LogP contribution is 2.24. The van der Waals surface area contributed by atoms with Crippen LogP contribution in [0.3, 0.4) is 0 Å². The first-order chi connectivity index (χ1) is 9.15. The summed E-state index contributed by atoms with van der Waals surface area (Å²) in [5.41, 5.74) is 0.463. The zero-order chi connectivity index (χ0) is 13.8. The molecule has 98 valence electrons. The summed E-state index contributed by atoms with van der Waals surface area (Å²) >= 11 is 0. The molecule has 19 heavy (non-hydrogen) atoms. The van der Waals surface area contributed by atoms with E-state index in [1.54, 1.807) is 12.1 Å². The van der Waals surface area contributed by atoms with Gasteiger partial charge in [0.05, 0.1) is 11.7 Å². The van der Waals surface area contributed by atoms with Crippen LogP contribution in [0.2, 0.25) is 0 Å². The number of benzene rings is 1. The van der Waals surface area contributed by atoms with E-state index in [9.17, 15) is 4.39 Å². The largest absolute Gasteiger partial charge is 0.374 e. The highest BCUT2D eigenvalue weighted by Gasteiger charge is 2.16. The van der Waals surface area contributed by atoms with Crippen LogP contribution in [0, 0.1) is 24.1 Å². The van der Waals surface area contributed by atoms with Crippen molar-refractivity contribution in [1.82, 2.24) is 15.2 Å². The zero-order valence-corrected chi connectivity index (χ0v) is 10.7. The zero-order valence-electron chi connectivity index (χ0n) is 10.7. The number of H-pyrrole nitrogens is 1. The lowest BCUT2D eigenvalue weighted by molar-refractivity contribution is 0.622. The van der Waals surface area contributed by atoms with Crippen molar-refractivity contribution in [2.75, 3.05) is 5.32 Å². The predicted molar refractivity (Wildman–Crippen MR) is 68.9 cm³/mol. The fraction of sp³-hybridized carbons (Fsp3) is 0.308. The normalized spacial score (nSPS) is 11.9. The summed E-state index contributed by atoms with van der Waals surface area (Å²) in [7, 11) is 0. The molecular weight excluding hydrogens is 245 g/mol. The molecule has 0 amide bonds.